The summed E-state index contributed by atoms with van der Waals surface area (Å²) < 4.78 is 22.4. The van der Waals surface area contributed by atoms with Crippen LogP contribution in [0.15, 0.2) is 49.1 Å². The summed E-state index contributed by atoms with van der Waals surface area (Å²) in [5, 5.41) is 0. The lowest BCUT2D eigenvalue weighted by atomic mass is 10.0. The first-order valence-electron chi connectivity index (χ1n) is 11.4. The molecule has 182 valence electrons. The summed E-state index contributed by atoms with van der Waals surface area (Å²) in [6.45, 7) is 7.15. The molecular weight excluding hydrogens is 434 g/mol. The maximum absolute atomic E-state index is 13.5. The molecule has 1 unspecified atom stereocenters. The molecule has 7 heteroatoms. The van der Waals surface area contributed by atoms with Gasteiger partial charge >= 0.3 is 0 Å². The van der Waals surface area contributed by atoms with Crippen molar-refractivity contribution in [3.63, 3.8) is 0 Å². The van der Waals surface area contributed by atoms with Crippen LogP contribution in [0.2, 0.25) is 0 Å². The Hall–Kier alpha value is -3.32. The first kappa shape index (κ1) is 25.3. The number of amides is 1. The number of hydrogen-bond donors (Lipinski definition) is 0. The van der Waals surface area contributed by atoms with Crippen molar-refractivity contribution in [2.45, 2.75) is 38.8 Å². The Labute approximate surface area is 201 Å². The highest BCUT2D eigenvalue weighted by molar-refractivity contribution is 5.94. The number of nitrogens with zero attached hydrogens (tertiary/aromatic N) is 1. The molecule has 0 spiro atoms. The number of carbonyl (C=O) groups excluding carboxylic acids is 2. The molecule has 0 bridgehead atoms. The zero-order chi connectivity index (χ0) is 24.5. The van der Waals surface area contributed by atoms with E-state index in [1.54, 1.807) is 43.4 Å². The Morgan fingerprint density at radius 1 is 1.12 bits per heavy atom. The molecule has 7 nitrogen and oxygen atoms in total. The van der Waals surface area contributed by atoms with Gasteiger partial charge in [0.1, 0.15) is 12.4 Å². The first-order valence-corrected chi connectivity index (χ1v) is 11.4. The Balaban J connectivity index is 1.83. The summed E-state index contributed by atoms with van der Waals surface area (Å²) in [6.07, 6.45) is 3.71. The molecular formula is C27H33NO6. The second kappa shape index (κ2) is 12.2. The SMILES string of the molecule is C=CCOc1ccc(CN(CC2CCCO2)C(=O)Cc2cc(C(C)=O)ccc2OC)cc1OC. The van der Waals surface area contributed by atoms with Gasteiger partial charge in [0.15, 0.2) is 17.3 Å². The fourth-order valence-corrected chi connectivity index (χ4v) is 4.00. The molecule has 0 radical (unpaired) electrons. The maximum Gasteiger partial charge on any atom is 0.227 e. The lowest BCUT2D eigenvalue weighted by molar-refractivity contribution is -0.132. The number of benzene rings is 2. The van der Waals surface area contributed by atoms with Gasteiger partial charge in [-0.3, -0.25) is 9.59 Å². The third kappa shape index (κ3) is 6.60. The Kier molecular flexibility index (Phi) is 9.10. The summed E-state index contributed by atoms with van der Waals surface area (Å²) in [6, 6.07) is 10.8. The van der Waals surface area contributed by atoms with Gasteiger partial charge in [-0.25, -0.2) is 0 Å². The average Bonchev–Trinajstić information content (AvgIpc) is 3.35. The fourth-order valence-electron chi connectivity index (χ4n) is 4.00. The standard InChI is InChI=1S/C27H33NO6/c1-5-12-34-25-10-8-20(14-26(25)32-4)17-28(18-23-7-6-13-33-23)27(30)16-22-15-21(19(2)29)9-11-24(22)31-3/h5,8-11,14-15,23H,1,6-7,12-13,16-18H2,2-4H3. The topological polar surface area (TPSA) is 74.3 Å². The minimum atomic E-state index is -0.0690. The number of ketones is 1. The van der Waals surface area contributed by atoms with E-state index in [0.717, 1.165) is 18.4 Å². The Morgan fingerprint density at radius 3 is 2.53 bits per heavy atom. The summed E-state index contributed by atoms with van der Waals surface area (Å²) in [5.74, 6) is 1.67. The van der Waals surface area contributed by atoms with Gasteiger partial charge in [-0.1, -0.05) is 18.7 Å². The van der Waals surface area contributed by atoms with E-state index in [1.165, 1.54) is 6.92 Å². The van der Waals surface area contributed by atoms with Crippen molar-refractivity contribution in [2.75, 3.05) is 34.0 Å². The highest BCUT2D eigenvalue weighted by Gasteiger charge is 2.24. The van der Waals surface area contributed by atoms with Gasteiger partial charge < -0.3 is 23.8 Å². The summed E-state index contributed by atoms with van der Waals surface area (Å²) in [4.78, 5) is 27.1. The number of carbonyl (C=O) groups is 2. The molecule has 0 saturated carbocycles. The Morgan fingerprint density at radius 2 is 1.88 bits per heavy atom. The number of hydrogen-bond acceptors (Lipinski definition) is 6. The summed E-state index contributed by atoms with van der Waals surface area (Å²) in [7, 11) is 3.15. The molecule has 1 amide bonds. The van der Waals surface area contributed by atoms with Gasteiger partial charge in [0.2, 0.25) is 5.91 Å². The quantitative estimate of drug-likeness (QED) is 0.344. The van der Waals surface area contributed by atoms with Gasteiger partial charge in [0, 0.05) is 30.8 Å². The molecule has 1 aliphatic rings. The van der Waals surface area contributed by atoms with Gasteiger partial charge in [-0.2, -0.15) is 0 Å². The van der Waals surface area contributed by atoms with Crippen molar-refractivity contribution >= 4 is 11.7 Å². The predicted molar refractivity (Wildman–Crippen MR) is 130 cm³/mol. The van der Waals surface area contributed by atoms with Crippen molar-refractivity contribution in [1.82, 2.24) is 4.90 Å². The molecule has 1 aliphatic heterocycles. The second-order valence-corrected chi connectivity index (χ2v) is 8.25. The monoisotopic (exact) mass is 467 g/mol. The van der Waals surface area contributed by atoms with Gasteiger partial charge in [0.05, 0.1) is 26.7 Å². The van der Waals surface area contributed by atoms with Crippen molar-refractivity contribution < 1.29 is 28.5 Å². The van der Waals surface area contributed by atoms with Crippen molar-refractivity contribution in [3.8, 4) is 17.2 Å². The molecule has 34 heavy (non-hydrogen) atoms. The molecule has 1 atom stereocenters. The zero-order valence-electron chi connectivity index (χ0n) is 20.2. The van der Waals surface area contributed by atoms with Crippen LogP contribution in [0.3, 0.4) is 0 Å². The molecule has 1 heterocycles. The number of Topliss-reactive ketones (excluding diaryl/α,β-unsaturated/α-hetero) is 1. The normalized spacial score (nSPS) is 15.0. The van der Waals surface area contributed by atoms with Crippen LogP contribution in [0.25, 0.3) is 0 Å². The first-order chi connectivity index (χ1) is 16.4. The van der Waals surface area contributed by atoms with Crippen LogP contribution >= 0.6 is 0 Å². The van der Waals surface area contributed by atoms with Crippen molar-refractivity contribution in [1.29, 1.82) is 0 Å². The number of rotatable bonds is 12. The third-order valence-corrected chi connectivity index (χ3v) is 5.79. The Bertz CT molecular complexity index is 1010. The highest BCUT2D eigenvalue weighted by atomic mass is 16.5. The molecule has 2 aromatic rings. The van der Waals surface area contributed by atoms with Crippen LogP contribution < -0.4 is 14.2 Å². The number of methoxy groups -OCH3 is 2. The van der Waals surface area contributed by atoms with Gasteiger partial charge in [-0.15, -0.1) is 0 Å². The van der Waals surface area contributed by atoms with Crippen molar-refractivity contribution in [3.05, 3.63) is 65.7 Å². The minimum Gasteiger partial charge on any atom is -0.496 e. The molecule has 1 fully saturated rings. The van der Waals surface area contributed by atoms with Crippen LogP contribution in [0.5, 0.6) is 17.2 Å². The van der Waals surface area contributed by atoms with Crippen LogP contribution in [0, 0.1) is 0 Å². The van der Waals surface area contributed by atoms with E-state index < -0.39 is 0 Å². The average molecular weight is 468 g/mol. The van der Waals surface area contributed by atoms with Gasteiger partial charge in [-0.05, 0) is 55.7 Å². The molecule has 0 N–H and O–H groups in total. The predicted octanol–water partition coefficient (Wildman–Crippen LogP) is 4.22. The molecule has 2 aromatic carbocycles. The van der Waals surface area contributed by atoms with E-state index in [9.17, 15) is 9.59 Å². The number of ether oxygens (including phenoxy) is 4. The van der Waals surface area contributed by atoms with E-state index in [1.807, 2.05) is 18.2 Å². The van der Waals surface area contributed by atoms with E-state index in [0.29, 0.717) is 54.7 Å². The lowest BCUT2D eigenvalue weighted by Crippen LogP contribution is -2.38. The molecule has 0 aromatic heterocycles. The van der Waals surface area contributed by atoms with Crippen molar-refractivity contribution in [2.24, 2.45) is 0 Å². The third-order valence-electron chi connectivity index (χ3n) is 5.79. The van der Waals surface area contributed by atoms with E-state index >= 15 is 0 Å². The van der Waals surface area contributed by atoms with Crippen LogP contribution in [0.4, 0.5) is 0 Å². The maximum atomic E-state index is 13.5. The van der Waals surface area contributed by atoms with Crippen LogP contribution in [-0.2, 0) is 22.5 Å². The van der Waals surface area contributed by atoms with E-state index in [2.05, 4.69) is 6.58 Å². The van der Waals surface area contributed by atoms with Crippen LogP contribution in [0.1, 0.15) is 41.3 Å². The van der Waals surface area contributed by atoms with E-state index in [-0.39, 0.29) is 24.2 Å². The molecule has 1 saturated heterocycles. The fraction of sp³-hybridized carbons (Fsp3) is 0.407. The lowest BCUT2D eigenvalue weighted by Gasteiger charge is -2.26. The largest absolute Gasteiger partial charge is 0.496 e. The summed E-state index contributed by atoms with van der Waals surface area (Å²) in [5.41, 5.74) is 2.15. The van der Waals surface area contributed by atoms with Crippen LogP contribution in [-0.4, -0.2) is 56.7 Å². The second-order valence-electron chi connectivity index (χ2n) is 8.25. The molecule has 0 aliphatic carbocycles. The smallest absolute Gasteiger partial charge is 0.227 e. The van der Waals surface area contributed by atoms with Gasteiger partial charge in [0.25, 0.3) is 0 Å². The van der Waals surface area contributed by atoms with E-state index in [4.69, 9.17) is 18.9 Å². The molecule has 3 rings (SSSR count). The summed E-state index contributed by atoms with van der Waals surface area (Å²) >= 11 is 0. The minimum absolute atomic E-state index is 0.00601. The zero-order valence-corrected chi connectivity index (χ0v) is 20.2. The highest BCUT2D eigenvalue weighted by Crippen LogP contribution is 2.29.